The van der Waals surface area contributed by atoms with E-state index in [0.717, 1.165) is 12.8 Å². The molecule has 52 valence electrons. The minimum Gasteiger partial charge on any atom is -0.0848 e. The van der Waals surface area contributed by atoms with Crippen LogP contribution >= 0.6 is 0 Å². The SMILES string of the molecule is CC/C=C\C=C(\C)CC. The van der Waals surface area contributed by atoms with Crippen molar-refractivity contribution in [3.63, 3.8) is 0 Å². The average Bonchev–Trinajstić information content (AvgIpc) is 1.89. The molecule has 0 saturated carbocycles. The van der Waals surface area contributed by atoms with E-state index in [4.69, 9.17) is 0 Å². The smallest absolute Gasteiger partial charge is 0.0349 e. The van der Waals surface area contributed by atoms with Crippen molar-refractivity contribution in [3.8, 4) is 0 Å². The lowest BCUT2D eigenvalue weighted by molar-refractivity contribution is 1.10. The van der Waals surface area contributed by atoms with Crippen LogP contribution < -0.4 is 0 Å². The Kier molecular flexibility index (Phi) is 5.29. The maximum atomic E-state index is 2.17. The van der Waals surface area contributed by atoms with Crippen LogP contribution in [0.1, 0.15) is 33.6 Å². The highest BCUT2D eigenvalue weighted by Gasteiger charge is 1.76. The zero-order valence-corrected chi connectivity index (χ0v) is 6.65. The molecular formula is C9H16. The molecule has 0 aromatic heterocycles. The first-order valence-corrected chi connectivity index (χ1v) is 3.63. The molecule has 0 amide bonds. The summed E-state index contributed by atoms with van der Waals surface area (Å²) in [6, 6.07) is 0. The largest absolute Gasteiger partial charge is 0.0848 e. The lowest BCUT2D eigenvalue weighted by Crippen LogP contribution is -1.66. The van der Waals surface area contributed by atoms with Gasteiger partial charge >= 0.3 is 0 Å². The van der Waals surface area contributed by atoms with Gasteiger partial charge in [-0.2, -0.15) is 0 Å². The second kappa shape index (κ2) is 5.61. The molecular weight excluding hydrogens is 108 g/mol. The third kappa shape index (κ3) is 5.35. The normalized spacial score (nSPS) is 13.0. The highest BCUT2D eigenvalue weighted by molar-refractivity contribution is 5.09. The Balaban J connectivity index is 3.55. The first-order valence-electron chi connectivity index (χ1n) is 3.63. The lowest BCUT2D eigenvalue weighted by atomic mass is 10.2. The van der Waals surface area contributed by atoms with Gasteiger partial charge in [-0.1, -0.05) is 37.6 Å². The monoisotopic (exact) mass is 124 g/mol. The molecule has 0 fully saturated rings. The molecule has 0 heterocycles. The van der Waals surface area contributed by atoms with E-state index >= 15 is 0 Å². The molecule has 0 aliphatic heterocycles. The fourth-order valence-electron chi connectivity index (χ4n) is 0.486. The van der Waals surface area contributed by atoms with Gasteiger partial charge in [-0.05, 0) is 19.8 Å². The molecule has 0 spiro atoms. The van der Waals surface area contributed by atoms with Gasteiger partial charge in [-0.3, -0.25) is 0 Å². The Morgan fingerprint density at radius 3 is 2.44 bits per heavy atom. The van der Waals surface area contributed by atoms with Crippen molar-refractivity contribution in [2.45, 2.75) is 33.6 Å². The van der Waals surface area contributed by atoms with E-state index in [2.05, 4.69) is 39.0 Å². The minimum absolute atomic E-state index is 1.13. The molecule has 9 heavy (non-hydrogen) atoms. The van der Waals surface area contributed by atoms with Crippen LogP contribution in [0, 0.1) is 0 Å². The molecule has 0 nitrogen and oxygen atoms in total. The van der Waals surface area contributed by atoms with Crippen LogP contribution in [0.4, 0.5) is 0 Å². The molecule has 0 rings (SSSR count). The van der Waals surface area contributed by atoms with Gasteiger partial charge < -0.3 is 0 Å². The van der Waals surface area contributed by atoms with Crippen molar-refractivity contribution in [1.29, 1.82) is 0 Å². The van der Waals surface area contributed by atoms with Gasteiger partial charge in [0.05, 0.1) is 0 Å². The standard InChI is InChI=1S/C9H16/c1-4-6-7-8-9(3)5-2/h6-8H,4-5H2,1-3H3/b7-6-,9-8-. The molecule has 0 saturated heterocycles. The Labute approximate surface area is 58.3 Å². The molecule has 0 radical (unpaired) electrons. The first kappa shape index (κ1) is 8.48. The van der Waals surface area contributed by atoms with E-state index in [-0.39, 0.29) is 0 Å². The van der Waals surface area contributed by atoms with E-state index in [1.807, 2.05) is 0 Å². The highest BCUT2D eigenvalue weighted by atomic mass is 13.8. The van der Waals surface area contributed by atoms with Crippen LogP contribution in [0.15, 0.2) is 23.8 Å². The summed E-state index contributed by atoms with van der Waals surface area (Å²) in [4.78, 5) is 0. The van der Waals surface area contributed by atoms with Crippen LogP contribution in [0.2, 0.25) is 0 Å². The number of rotatable bonds is 3. The quantitative estimate of drug-likeness (QED) is 0.506. The Bertz CT molecular complexity index is 107. The first-order chi connectivity index (χ1) is 4.31. The molecule has 0 aliphatic rings. The summed E-state index contributed by atoms with van der Waals surface area (Å²) in [6.07, 6.45) is 8.75. The predicted octanol–water partition coefficient (Wildman–Crippen LogP) is 3.31. The summed E-state index contributed by atoms with van der Waals surface area (Å²) >= 11 is 0. The summed E-state index contributed by atoms with van der Waals surface area (Å²) in [6.45, 7) is 6.47. The number of hydrogen-bond donors (Lipinski definition) is 0. The van der Waals surface area contributed by atoms with Crippen molar-refractivity contribution >= 4 is 0 Å². The van der Waals surface area contributed by atoms with Gasteiger partial charge in [0.2, 0.25) is 0 Å². The van der Waals surface area contributed by atoms with Crippen molar-refractivity contribution < 1.29 is 0 Å². The van der Waals surface area contributed by atoms with E-state index < -0.39 is 0 Å². The topological polar surface area (TPSA) is 0 Å². The highest BCUT2D eigenvalue weighted by Crippen LogP contribution is 1.97. The Morgan fingerprint density at radius 2 is 2.00 bits per heavy atom. The summed E-state index contributed by atoms with van der Waals surface area (Å²) in [5.74, 6) is 0. The zero-order chi connectivity index (χ0) is 7.11. The second-order valence-corrected chi connectivity index (χ2v) is 2.20. The van der Waals surface area contributed by atoms with Crippen LogP contribution in [-0.4, -0.2) is 0 Å². The summed E-state index contributed by atoms with van der Waals surface area (Å²) < 4.78 is 0. The van der Waals surface area contributed by atoms with E-state index in [0.29, 0.717) is 0 Å². The van der Waals surface area contributed by atoms with Crippen molar-refractivity contribution in [2.75, 3.05) is 0 Å². The van der Waals surface area contributed by atoms with Gasteiger partial charge in [0.1, 0.15) is 0 Å². The predicted molar refractivity (Wildman–Crippen MR) is 43.5 cm³/mol. The Hall–Kier alpha value is -0.520. The van der Waals surface area contributed by atoms with Crippen molar-refractivity contribution in [1.82, 2.24) is 0 Å². The van der Waals surface area contributed by atoms with Gasteiger partial charge in [0.15, 0.2) is 0 Å². The van der Waals surface area contributed by atoms with E-state index in [9.17, 15) is 0 Å². The number of hydrogen-bond acceptors (Lipinski definition) is 0. The maximum absolute atomic E-state index is 2.17. The van der Waals surface area contributed by atoms with Gasteiger partial charge in [0.25, 0.3) is 0 Å². The fourth-order valence-corrected chi connectivity index (χ4v) is 0.486. The van der Waals surface area contributed by atoms with Gasteiger partial charge in [0, 0.05) is 0 Å². The molecule has 0 aromatic rings. The third-order valence-electron chi connectivity index (χ3n) is 1.31. The second-order valence-electron chi connectivity index (χ2n) is 2.20. The molecule has 0 unspecified atom stereocenters. The third-order valence-corrected chi connectivity index (χ3v) is 1.31. The average molecular weight is 124 g/mol. The van der Waals surface area contributed by atoms with Crippen molar-refractivity contribution in [2.24, 2.45) is 0 Å². The Morgan fingerprint density at radius 1 is 1.33 bits per heavy atom. The van der Waals surface area contributed by atoms with Crippen LogP contribution in [0.3, 0.4) is 0 Å². The molecule has 0 bridgehead atoms. The fraction of sp³-hybridized carbons (Fsp3) is 0.556. The lowest BCUT2D eigenvalue weighted by Gasteiger charge is -1.87. The van der Waals surface area contributed by atoms with Crippen LogP contribution in [0.5, 0.6) is 0 Å². The summed E-state index contributed by atoms with van der Waals surface area (Å²) in [5.41, 5.74) is 1.44. The van der Waals surface area contributed by atoms with E-state index in [1.165, 1.54) is 5.57 Å². The number of allylic oxidation sites excluding steroid dienone is 4. The minimum atomic E-state index is 1.13. The van der Waals surface area contributed by atoms with Gasteiger partial charge in [-0.25, -0.2) is 0 Å². The molecule has 0 heteroatoms. The zero-order valence-electron chi connectivity index (χ0n) is 6.65. The molecule has 0 aliphatic carbocycles. The molecule has 0 atom stereocenters. The van der Waals surface area contributed by atoms with Crippen LogP contribution in [-0.2, 0) is 0 Å². The summed E-state index contributed by atoms with van der Waals surface area (Å²) in [7, 11) is 0. The van der Waals surface area contributed by atoms with E-state index in [1.54, 1.807) is 0 Å². The van der Waals surface area contributed by atoms with Crippen molar-refractivity contribution in [3.05, 3.63) is 23.8 Å². The maximum Gasteiger partial charge on any atom is -0.0349 e. The summed E-state index contributed by atoms with van der Waals surface area (Å²) in [5, 5.41) is 0. The van der Waals surface area contributed by atoms with Crippen LogP contribution in [0.25, 0.3) is 0 Å². The molecule has 0 N–H and O–H groups in total. The molecule has 0 aromatic carbocycles. The van der Waals surface area contributed by atoms with Gasteiger partial charge in [-0.15, -0.1) is 0 Å².